The molecule has 0 saturated heterocycles. The standard InChI is InChI=1S/C15H22N4O2/c1-11(2)9-16-14(20)15(21)18-17-10-12-5-7-13(8-6-12)19(3)4/h5-8,10-11H,9H2,1-4H3,(H,16,20)(H,18,21)/b17-10-. The van der Waals surface area contributed by atoms with E-state index in [4.69, 9.17) is 0 Å². The quantitative estimate of drug-likeness (QED) is 0.482. The van der Waals surface area contributed by atoms with Gasteiger partial charge in [0.15, 0.2) is 0 Å². The Labute approximate surface area is 125 Å². The Bertz CT molecular complexity index is 507. The van der Waals surface area contributed by atoms with Gasteiger partial charge in [0.25, 0.3) is 0 Å². The first-order valence-electron chi connectivity index (χ1n) is 6.78. The van der Waals surface area contributed by atoms with Crippen molar-refractivity contribution in [1.82, 2.24) is 10.7 Å². The predicted molar refractivity (Wildman–Crippen MR) is 84.4 cm³/mol. The zero-order valence-corrected chi connectivity index (χ0v) is 12.9. The summed E-state index contributed by atoms with van der Waals surface area (Å²) in [4.78, 5) is 24.8. The highest BCUT2D eigenvalue weighted by atomic mass is 16.2. The molecule has 1 rings (SSSR count). The highest BCUT2D eigenvalue weighted by molar-refractivity contribution is 6.35. The lowest BCUT2D eigenvalue weighted by molar-refractivity contribution is -0.139. The molecule has 6 heteroatoms. The average molecular weight is 290 g/mol. The second-order valence-corrected chi connectivity index (χ2v) is 5.29. The summed E-state index contributed by atoms with van der Waals surface area (Å²) < 4.78 is 0. The summed E-state index contributed by atoms with van der Waals surface area (Å²) in [5, 5.41) is 6.29. The third-order valence-electron chi connectivity index (χ3n) is 2.67. The molecule has 0 aliphatic rings. The Morgan fingerprint density at radius 3 is 2.33 bits per heavy atom. The lowest BCUT2D eigenvalue weighted by atomic mass is 10.2. The highest BCUT2D eigenvalue weighted by Gasteiger charge is 2.11. The van der Waals surface area contributed by atoms with Crippen LogP contribution in [0.5, 0.6) is 0 Å². The van der Waals surface area contributed by atoms with Crippen molar-refractivity contribution in [3.8, 4) is 0 Å². The Morgan fingerprint density at radius 2 is 1.81 bits per heavy atom. The van der Waals surface area contributed by atoms with E-state index in [1.165, 1.54) is 6.21 Å². The molecule has 0 bridgehead atoms. The van der Waals surface area contributed by atoms with Crippen LogP contribution < -0.4 is 15.6 Å². The second kappa shape index (κ2) is 8.04. The van der Waals surface area contributed by atoms with E-state index in [0.717, 1.165) is 11.3 Å². The molecule has 114 valence electrons. The Kier molecular flexibility index (Phi) is 6.39. The van der Waals surface area contributed by atoms with Crippen molar-refractivity contribution in [1.29, 1.82) is 0 Å². The molecule has 0 aliphatic carbocycles. The molecule has 0 atom stereocenters. The predicted octanol–water partition coefficient (Wildman–Crippen LogP) is 0.975. The number of amides is 2. The van der Waals surface area contributed by atoms with Gasteiger partial charge in [0.2, 0.25) is 0 Å². The van der Waals surface area contributed by atoms with Gasteiger partial charge in [-0.15, -0.1) is 0 Å². The van der Waals surface area contributed by atoms with Gasteiger partial charge in [-0.3, -0.25) is 9.59 Å². The third kappa shape index (κ3) is 6.07. The van der Waals surface area contributed by atoms with Crippen LogP contribution in [0.3, 0.4) is 0 Å². The highest BCUT2D eigenvalue weighted by Crippen LogP contribution is 2.10. The van der Waals surface area contributed by atoms with Crippen LogP contribution in [0, 0.1) is 5.92 Å². The number of hydrogen-bond acceptors (Lipinski definition) is 4. The molecule has 0 heterocycles. The van der Waals surface area contributed by atoms with Crippen LogP contribution in [-0.2, 0) is 9.59 Å². The minimum Gasteiger partial charge on any atom is -0.378 e. The summed E-state index contributed by atoms with van der Waals surface area (Å²) in [6.07, 6.45) is 1.49. The summed E-state index contributed by atoms with van der Waals surface area (Å²) >= 11 is 0. The van der Waals surface area contributed by atoms with E-state index in [0.29, 0.717) is 12.5 Å². The van der Waals surface area contributed by atoms with Crippen LogP contribution >= 0.6 is 0 Å². The molecule has 0 aromatic heterocycles. The Hall–Kier alpha value is -2.37. The van der Waals surface area contributed by atoms with Crippen LogP contribution in [0.25, 0.3) is 0 Å². The Balaban J connectivity index is 2.46. The molecule has 0 unspecified atom stereocenters. The van der Waals surface area contributed by atoms with E-state index in [9.17, 15) is 9.59 Å². The van der Waals surface area contributed by atoms with Crippen molar-refractivity contribution in [3.63, 3.8) is 0 Å². The summed E-state index contributed by atoms with van der Waals surface area (Å²) in [6.45, 7) is 4.36. The maximum absolute atomic E-state index is 11.4. The third-order valence-corrected chi connectivity index (χ3v) is 2.67. The van der Waals surface area contributed by atoms with Gasteiger partial charge in [0.05, 0.1) is 6.21 Å². The number of hydrazone groups is 1. The van der Waals surface area contributed by atoms with Gasteiger partial charge in [-0.1, -0.05) is 26.0 Å². The number of nitrogens with one attached hydrogen (secondary N) is 2. The SMILES string of the molecule is CC(C)CNC(=O)C(=O)N/N=C\c1ccc(N(C)C)cc1. The number of hydrogen-bond donors (Lipinski definition) is 2. The maximum Gasteiger partial charge on any atom is 0.329 e. The monoisotopic (exact) mass is 290 g/mol. The molecule has 0 radical (unpaired) electrons. The van der Waals surface area contributed by atoms with E-state index in [-0.39, 0.29) is 0 Å². The first-order chi connectivity index (χ1) is 9.90. The minimum atomic E-state index is -0.767. The number of nitrogens with zero attached hydrogens (tertiary/aromatic N) is 2. The lowest BCUT2D eigenvalue weighted by Crippen LogP contribution is -2.39. The molecule has 0 spiro atoms. The first kappa shape index (κ1) is 16.7. The van der Waals surface area contributed by atoms with Crippen LogP contribution in [-0.4, -0.2) is 38.7 Å². The number of anilines is 1. The van der Waals surface area contributed by atoms with Gasteiger partial charge >= 0.3 is 11.8 Å². The summed E-state index contributed by atoms with van der Waals surface area (Å²) in [6, 6.07) is 7.64. The molecule has 6 nitrogen and oxygen atoms in total. The summed E-state index contributed by atoms with van der Waals surface area (Å²) in [7, 11) is 3.91. The van der Waals surface area contributed by atoms with E-state index in [1.54, 1.807) is 0 Å². The molecule has 0 fully saturated rings. The zero-order valence-electron chi connectivity index (χ0n) is 12.9. The largest absolute Gasteiger partial charge is 0.378 e. The van der Waals surface area contributed by atoms with Crippen molar-refractivity contribution in [2.75, 3.05) is 25.5 Å². The van der Waals surface area contributed by atoms with E-state index >= 15 is 0 Å². The van der Waals surface area contributed by atoms with Gasteiger partial charge in [-0.05, 0) is 23.6 Å². The van der Waals surface area contributed by atoms with E-state index < -0.39 is 11.8 Å². The second-order valence-electron chi connectivity index (χ2n) is 5.29. The summed E-state index contributed by atoms with van der Waals surface area (Å²) in [5.74, 6) is -1.15. The molecule has 1 aromatic carbocycles. The van der Waals surface area contributed by atoms with E-state index in [2.05, 4.69) is 15.8 Å². The number of carbonyl (C=O) groups excluding carboxylic acids is 2. The fourth-order valence-electron chi connectivity index (χ4n) is 1.45. The minimum absolute atomic E-state index is 0.292. The van der Waals surface area contributed by atoms with Crippen LogP contribution in [0.4, 0.5) is 5.69 Å². The molecule has 0 saturated carbocycles. The van der Waals surface area contributed by atoms with Gasteiger partial charge in [0, 0.05) is 26.3 Å². The smallest absolute Gasteiger partial charge is 0.329 e. The van der Waals surface area contributed by atoms with Crippen molar-refractivity contribution < 1.29 is 9.59 Å². The number of benzene rings is 1. The number of rotatable bonds is 5. The van der Waals surface area contributed by atoms with Crippen molar-refractivity contribution in [2.45, 2.75) is 13.8 Å². The average Bonchev–Trinajstić information content (AvgIpc) is 2.45. The maximum atomic E-state index is 11.4. The molecular formula is C15H22N4O2. The van der Waals surface area contributed by atoms with Crippen LogP contribution in [0.2, 0.25) is 0 Å². The zero-order chi connectivity index (χ0) is 15.8. The van der Waals surface area contributed by atoms with Crippen LogP contribution in [0.15, 0.2) is 29.4 Å². The molecular weight excluding hydrogens is 268 g/mol. The van der Waals surface area contributed by atoms with E-state index in [1.807, 2.05) is 57.1 Å². The molecule has 0 aliphatic heterocycles. The first-order valence-corrected chi connectivity index (χ1v) is 6.78. The van der Waals surface area contributed by atoms with Gasteiger partial charge in [-0.25, -0.2) is 5.43 Å². The Morgan fingerprint density at radius 1 is 1.19 bits per heavy atom. The van der Waals surface area contributed by atoms with Gasteiger partial charge in [-0.2, -0.15) is 5.10 Å². The van der Waals surface area contributed by atoms with Crippen LogP contribution in [0.1, 0.15) is 19.4 Å². The topological polar surface area (TPSA) is 73.8 Å². The van der Waals surface area contributed by atoms with Crippen molar-refractivity contribution >= 4 is 23.7 Å². The molecule has 21 heavy (non-hydrogen) atoms. The fraction of sp³-hybridized carbons (Fsp3) is 0.400. The van der Waals surface area contributed by atoms with Crippen molar-refractivity contribution in [3.05, 3.63) is 29.8 Å². The molecule has 2 amide bonds. The fourth-order valence-corrected chi connectivity index (χ4v) is 1.45. The number of carbonyl (C=O) groups is 2. The van der Waals surface area contributed by atoms with Gasteiger partial charge < -0.3 is 10.2 Å². The lowest BCUT2D eigenvalue weighted by Gasteiger charge is -2.11. The van der Waals surface area contributed by atoms with Gasteiger partial charge in [0.1, 0.15) is 0 Å². The summed E-state index contributed by atoms with van der Waals surface area (Å²) in [5.41, 5.74) is 4.11. The normalized spacial score (nSPS) is 10.7. The molecule has 1 aromatic rings. The van der Waals surface area contributed by atoms with Crippen molar-refractivity contribution in [2.24, 2.45) is 11.0 Å². The molecule has 2 N–H and O–H groups in total.